The Morgan fingerprint density at radius 2 is 1.61 bits per heavy atom. The van der Waals surface area contributed by atoms with Crippen molar-refractivity contribution in [1.82, 2.24) is 10.2 Å². The molecule has 0 fully saturated rings. The van der Waals surface area contributed by atoms with Crippen molar-refractivity contribution in [2.24, 2.45) is 5.92 Å². The summed E-state index contributed by atoms with van der Waals surface area (Å²) in [5.74, 6) is 0.162. The van der Waals surface area contributed by atoms with E-state index in [1.165, 1.54) is 0 Å². The van der Waals surface area contributed by atoms with E-state index in [1.54, 1.807) is 57.0 Å². The maximum atomic E-state index is 14.4. The molecule has 0 saturated heterocycles. The van der Waals surface area contributed by atoms with Crippen LogP contribution in [0.3, 0.4) is 0 Å². The predicted molar refractivity (Wildman–Crippen MR) is 164 cm³/mol. The SMILES string of the molecule is CCCCCCN(C(=O)C(CC(C)C)NC(=O)OC(C)(C)C)C(C(=O)Nc1ccc(OC)cc1)c1ccccc1C. The average molecular weight is 568 g/mol. The number of rotatable bonds is 14. The van der Waals surface area contributed by atoms with Crippen LogP contribution in [0.4, 0.5) is 10.5 Å². The second kappa shape index (κ2) is 16.0. The lowest BCUT2D eigenvalue weighted by Crippen LogP contribution is -2.53. The van der Waals surface area contributed by atoms with Crippen LogP contribution in [0, 0.1) is 12.8 Å². The highest BCUT2D eigenvalue weighted by atomic mass is 16.6. The second-order valence-corrected chi connectivity index (χ2v) is 11.9. The number of aryl methyl sites for hydroxylation is 1. The van der Waals surface area contributed by atoms with Crippen molar-refractivity contribution < 1.29 is 23.9 Å². The Morgan fingerprint density at radius 3 is 2.17 bits per heavy atom. The molecule has 0 saturated carbocycles. The van der Waals surface area contributed by atoms with Gasteiger partial charge in [-0.25, -0.2) is 4.79 Å². The van der Waals surface area contributed by atoms with Crippen LogP contribution in [-0.4, -0.2) is 48.1 Å². The number of carbonyl (C=O) groups excluding carboxylic acids is 3. The lowest BCUT2D eigenvalue weighted by atomic mass is 9.96. The molecular formula is C33H49N3O5. The number of carbonyl (C=O) groups is 3. The molecule has 0 aliphatic carbocycles. The summed E-state index contributed by atoms with van der Waals surface area (Å²) in [5.41, 5.74) is 1.52. The number of unbranched alkanes of at least 4 members (excludes halogenated alkanes) is 3. The molecule has 0 heterocycles. The quantitative estimate of drug-likeness (QED) is 0.239. The van der Waals surface area contributed by atoms with E-state index in [0.717, 1.165) is 36.8 Å². The van der Waals surface area contributed by atoms with E-state index in [9.17, 15) is 14.4 Å². The Morgan fingerprint density at radius 1 is 0.951 bits per heavy atom. The number of benzene rings is 2. The molecule has 2 unspecified atom stereocenters. The van der Waals surface area contributed by atoms with E-state index < -0.39 is 23.8 Å². The first-order chi connectivity index (χ1) is 19.4. The van der Waals surface area contributed by atoms with Crippen LogP contribution in [0.25, 0.3) is 0 Å². The smallest absolute Gasteiger partial charge is 0.408 e. The summed E-state index contributed by atoms with van der Waals surface area (Å²) in [4.78, 5) is 42.9. The Balaban J connectivity index is 2.54. The van der Waals surface area contributed by atoms with E-state index in [0.29, 0.717) is 24.4 Å². The number of nitrogens with one attached hydrogen (secondary N) is 2. The fraction of sp³-hybridized carbons (Fsp3) is 0.545. The van der Waals surface area contributed by atoms with Crippen molar-refractivity contribution in [3.05, 3.63) is 59.7 Å². The van der Waals surface area contributed by atoms with Gasteiger partial charge < -0.3 is 25.0 Å². The maximum absolute atomic E-state index is 14.4. The average Bonchev–Trinajstić information content (AvgIpc) is 2.89. The summed E-state index contributed by atoms with van der Waals surface area (Å²) < 4.78 is 10.7. The molecule has 3 amide bonds. The van der Waals surface area contributed by atoms with E-state index in [1.807, 2.05) is 45.0 Å². The Labute approximate surface area is 246 Å². The van der Waals surface area contributed by atoms with Gasteiger partial charge in [0.2, 0.25) is 5.91 Å². The van der Waals surface area contributed by atoms with Gasteiger partial charge in [-0.3, -0.25) is 9.59 Å². The largest absolute Gasteiger partial charge is 0.497 e. The van der Waals surface area contributed by atoms with Crippen molar-refractivity contribution >= 4 is 23.6 Å². The normalized spacial score (nSPS) is 12.8. The van der Waals surface area contributed by atoms with Crippen LogP contribution in [0.5, 0.6) is 5.75 Å². The summed E-state index contributed by atoms with van der Waals surface area (Å²) in [5, 5.41) is 5.82. The first-order valence-electron chi connectivity index (χ1n) is 14.7. The van der Waals surface area contributed by atoms with Gasteiger partial charge >= 0.3 is 6.09 Å². The minimum atomic E-state index is -0.900. The van der Waals surface area contributed by atoms with Gasteiger partial charge in [-0.05, 0) is 81.8 Å². The third-order valence-corrected chi connectivity index (χ3v) is 6.63. The predicted octanol–water partition coefficient (Wildman–Crippen LogP) is 7.03. The molecule has 2 N–H and O–H groups in total. The van der Waals surface area contributed by atoms with Crippen molar-refractivity contribution in [1.29, 1.82) is 0 Å². The van der Waals surface area contributed by atoms with Crippen LogP contribution in [-0.2, 0) is 14.3 Å². The number of methoxy groups -OCH3 is 1. The molecule has 8 nitrogen and oxygen atoms in total. The molecule has 8 heteroatoms. The zero-order valence-electron chi connectivity index (χ0n) is 26.1. The number of ether oxygens (including phenoxy) is 2. The molecule has 2 rings (SSSR count). The summed E-state index contributed by atoms with van der Waals surface area (Å²) in [6, 6.07) is 12.9. The number of alkyl carbamates (subject to hydrolysis) is 1. The van der Waals surface area contributed by atoms with Gasteiger partial charge in [0.15, 0.2) is 0 Å². The fourth-order valence-corrected chi connectivity index (χ4v) is 4.65. The highest BCUT2D eigenvalue weighted by Gasteiger charge is 2.37. The van der Waals surface area contributed by atoms with Crippen molar-refractivity contribution in [2.45, 2.75) is 98.3 Å². The third-order valence-electron chi connectivity index (χ3n) is 6.63. The number of hydrogen-bond acceptors (Lipinski definition) is 5. The Kier molecular flexibility index (Phi) is 13.2. The molecule has 41 heavy (non-hydrogen) atoms. The molecule has 0 spiro atoms. The monoisotopic (exact) mass is 567 g/mol. The molecule has 0 aromatic heterocycles. The lowest BCUT2D eigenvalue weighted by molar-refractivity contribution is -0.141. The fourth-order valence-electron chi connectivity index (χ4n) is 4.65. The Bertz CT molecular complexity index is 1120. The van der Waals surface area contributed by atoms with Crippen molar-refractivity contribution in [3.8, 4) is 5.75 Å². The first-order valence-corrected chi connectivity index (χ1v) is 14.7. The molecule has 0 aliphatic heterocycles. The van der Waals surface area contributed by atoms with Crippen molar-refractivity contribution in [2.75, 3.05) is 19.0 Å². The van der Waals surface area contributed by atoms with Crippen LogP contribution in [0.2, 0.25) is 0 Å². The zero-order valence-corrected chi connectivity index (χ0v) is 26.1. The van der Waals surface area contributed by atoms with Gasteiger partial charge in [0.25, 0.3) is 5.91 Å². The van der Waals surface area contributed by atoms with Gasteiger partial charge in [0, 0.05) is 12.2 Å². The molecule has 2 atom stereocenters. The molecule has 2 aromatic carbocycles. The van der Waals surface area contributed by atoms with Crippen LogP contribution >= 0.6 is 0 Å². The highest BCUT2D eigenvalue weighted by Crippen LogP contribution is 2.29. The van der Waals surface area contributed by atoms with Gasteiger partial charge in [-0.15, -0.1) is 0 Å². The number of hydrogen-bond donors (Lipinski definition) is 2. The van der Waals surface area contributed by atoms with Crippen molar-refractivity contribution in [3.63, 3.8) is 0 Å². The van der Waals surface area contributed by atoms with E-state index in [4.69, 9.17) is 9.47 Å². The first kappa shape index (κ1) is 33.7. The molecule has 226 valence electrons. The standard InChI is InChI=1S/C33H49N3O5/c1-9-10-11-14-21-36(31(38)28(22-23(2)3)35-32(39)41-33(5,6)7)29(27-16-13-12-15-24(27)4)30(37)34-25-17-19-26(40-8)20-18-25/h12-13,15-20,23,28-29H,9-11,14,21-22H2,1-8H3,(H,34,37)(H,35,39). The second-order valence-electron chi connectivity index (χ2n) is 11.9. The molecule has 0 aliphatic rings. The van der Waals surface area contributed by atoms with Gasteiger partial charge in [0.05, 0.1) is 7.11 Å². The minimum Gasteiger partial charge on any atom is -0.497 e. The van der Waals surface area contributed by atoms with Gasteiger partial charge in [-0.1, -0.05) is 64.3 Å². The number of anilines is 1. The lowest BCUT2D eigenvalue weighted by Gasteiger charge is -2.35. The van der Waals surface area contributed by atoms with Gasteiger partial charge in [0.1, 0.15) is 23.4 Å². The third kappa shape index (κ3) is 11.1. The van der Waals surface area contributed by atoms with Crippen LogP contribution < -0.4 is 15.4 Å². The topological polar surface area (TPSA) is 97.0 Å². The van der Waals surface area contributed by atoms with Crippen LogP contribution in [0.15, 0.2) is 48.5 Å². The van der Waals surface area contributed by atoms with E-state index >= 15 is 0 Å². The number of amides is 3. The van der Waals surface area contributed by atoms with Crippen LogP contribution in [0.1, 0.15) is 90.8 Å². The Hall–Kier alpha value is -3.55. The highest BCUT2D eigenvalue weighted by molar-refractivity contribution is 5.99. The molecular weight excluding hydrogens is 518 g/mol. The molecule has 2 aromatic rings. The minimum absolute atomic E-state index is 0.117. The number of nitrogens with zero attached hydrogens (tertiary/aromatic N) is 1. The summed E-state index contributed by atoms with van der Waals surface area (Å²) in [6.45, 7) is 13.8. The zero-order chi connectivity index (χ0) is 30.6. The van der Waals surface area contributed by atoms with E-state index in [2.05, 4.69) is 17.6 Å². The summed E-state index contributed by atoms with van der Waals surface area (Å²) in [6.07, 6.45) is 3.49. The summed E-state index contributed by atoms with van der Waals surface area (Å²) in [7, 11) is 1.59. The molecule has 0 bridgehead atoms. The van der Waals surface area contributed by atoms with E-state index in [-0.39, 0.29) is 17.7 Å². The summed E-state index contributed by atoms with van der Waals surface area (Å²) >= 11 is 0. The molecule has 0 radical (unpaired) electrons. The van der Waals surface area contributed by atoms with Gasteiger partial charge in [-0.2, -0.15) is 0 Å². The maximum Gasteiger partial charge on any atom is 0.408 e.